The Morgan fingerprint density at radius 3 is 2.58 bits per heavy atom. The third-order valence-corrected chi connectivity index (χ3v) is 6.97. The molecule has 1 saturated heterocycles. The molecule has 26 heavy (non-hydrogen) atoms. The van der Waals surface area contributed by atoms with Crippen LogP contribution < -0.4 is 0 Å². The quantitative estimate of drug-likeness (QED) is 0.764. The molecule has 142 valence electrons. The van der Waals surface area contributed by atoms with E-state index in [1.807, 2.05) is 0 Å². The molecule has 0 N–H and O–H groups in total. The summed E-state index contributed by atoms with van der Waals surface area (Å²) in [4.78, 5) is 17.6. The van der Waals surface area contributed by atoms with Crippen LogP contribution in [-0.2, 0) is 14.6 Å². The van der Waals surface area contributed by atoms with Crippen molar-refractivity contribution in [3.05, 3.63) is 23.5 Å². The highest BCUT2D eigenvalue weighted by molar-refractivity contribution is 7.92. The van der Waals surface area contributed by atoms with Crippen LogP contribution in [0.3, 0.4) is 0 Å². The largest absolute Gasteiger partial charge is 0.444 e. The lowest BCUT2D eigenvalue weighted by Gasteiger charge is -2.33. The normalized spacial score (nSPS) is 16.8. The van der Waals surface area contributed by atoms with E-state index in [1.165, 1.54) is 17.4 Å². The SMILES string of the molecule is CC(C)(C)OC(=O)N1CCC(S(=O)(=O)c2c(Cl)ccc3ncoc23)CC1. The van der Waals surface area contributed by atoms with Crippen LogP contribution in [0, 0.1) is 0 Å². The lowest BCUT2D eigenvalue weighted by Crippen LogP contribution is -2.44. The van der Waals surface area contributed by atoms with E-state index >= 15 is 0 Å². The summed E-state index contributed by atoms with van der Waals surface area (Å²) in [7, 11) is -3.72. The van der Waals surface area contributed by atoms with Crippen LogP contribution in [0.2, 0.25) is 5.02 Å². The Morgan fingerprint density at radius 1 is 1.31 bits per heavy atom. The second kappa shape index (κ2) is 6.74. The van der Waals surface area contributed by atoms with Crippen molar-refractivity contribution in [1.82, 2.24) is 9.88 Å². The zero-order valence-electron chi connectivity index (χ0n) is 14.9. The van der Waals surface area contributed by atoms with Gasteiger partial charge in [-0.2, -0.15) is 0 Å². The van der Waals surface area contributed by atoms with Crippen molar-refractivity contribution in [3.8, 4) is 0 Å². The number of oxazole rings is 1. The summed E-state index contributed by atoms with van der Waals surface area (Å²) in [6.45, 7) is 6.00. The molecular formula is C17H21ClN2O5S. The number of nitrogens with zero attached hydrogens (tertiary/aromatic N) is 2. The number of halogens is 1. The molecule has 1 amide bonds. The van der Waals surface area contributed by atoms with Crippen molar-refractivity contribution >= 4 is 38.6 Å². The van der Waals surface area contributed by atoms with Gasteiger partial charge in [0.15, 0.2) is 21.8 Å². The van der Waals surface area contributed by atoms with Gasteiger partial charge in [0.25, 0.3) is 0 Å². The van der Waals surface area contributed by atoms with Crippen LogP contribution >= 0.6 is 11.6 Å². The minimum absolute atomic E-state index is 0.0233. The van der Waals surface area contributed by atoms with E-state index in [4.69, 9.17) is 20.8 Å². The predicted octanol–water partition coefficient (Wildman–Crippen LogP) is 3.65. The van der Waals surface area contributed by atoms with Crippen LogP contribution in [0.1, 0.15) is 33.6 Å². The highest BCUT2D eigenvalue weighted by Crippen LogP contribution is 2.35. The number of ether oxygens (including phenoxy) is 1. The zero-order valence-corrected chi connectivity index (χ0v) is 16.4. The van der Waals surface area contributed by atoms with Gasteiger partial charge >= 0.3 is 6.09 Å². The molecule has 0 saturated carbocycles. The first-order chi connectivity index (χ1) is 12.1. The summed E-state index contributed by atoms with van der Waals surface area (Å²) in [6, 6.07) is 3.13. The van der Waals surface area contributed by atoms with E-state index in [2.05, 4.69) is 4.98 Å². The van der Waals surface area contributed by atoms with Crippen LogP contribution in [-0.4, -0.2) is 48.3 Å². The smallest absolute Gasteiger partial charge is 0.410 e. The van der Waals surface area contributed by atoms with E-state index in [-0.39, 0.29) is 15.5 Å². The Labute approximate surface area is 157 Å². The molecule has 2 heterocycles. The van der Waals surface area contributed by atoms with E-state index in [9.17, 15) is 13.2 Å². The Morgan fingerprint density at radius 2 is 1.96 bits per heavy atom. The average Bonchev–Trinajstić information content (AvgIpc) is 3.01. The molecule has 9 heteroatoms. The number of hydrogen-bond donors (Lipinski definition) is 0. The number of piperidine rings is 1. The van der Waals surface area contributed by atoms with Gasteiger partial charge in [0.05, 0.1) is 10.3 Å². The molecule has 1 aliphatic heterocycles. The molecule has 1 aromatic carbocycles. The topological polar surface area (TPSA) is 89.7 Å². The fraction of sp³-hybridized carbons (Fsp3) is 0.529. The van der Waals surface area contributed by atoms with Gasteiger partial charge < -0.3 is 14.1 Å². The maximum atomic E-state index is 13.1. The van der Waals surface area contributed by atoms with Crippen molar-refractivity contribution < 1.29 is 22.4 Å². The van der Waals surface area contributed by atoms with Gasteiger partial charge in [-0.05, 0) is 45.7 Å². The molecule has 0 unspecified atom stereocenters. The number of aromatic nitrogens is 1. The van der Waals surface area contributed by atoms with Crippen molar-refractivity contribution in [2.45, 2.75) is 49.4 Å². The van der Waals surface area contributed by atoms with E-state index < -0.39 is 26.8 Å². The summed E-state index contributed by atoms with van der Waals surface area (Å²) in [5, 5.41) is -0.529. The number of rotatable bonds is 2. The fourth-order valence-corrected chi connectivity index (χ4v) is 5.37. The molecule has 0 bridgehead atoms. The van der Waals surface area contributed by atoms with Gasteiger partial charge in [0.1, 0.15) is 16.0 Å². The second-order valence-electron chi connectivity index (χ2n) is 7.29. The van der Waals surface area contributed by atoms with Crippen LogP contribution in [0.5, 0.6) is 0 Å². The molecule has 3 rings (SSSR count). The van der Waals surface area contributed by atoms with Crippen molar-refractivity contribution in [3.63, 3.8) is 0 Å². The molecule has 1 fully saturated rings. The minimum atomic E-state index is -3.72. The number of likely N-dealkylation sites (tertiary alicyclic amines) is 1. The number of amides is 1. The summed E-state index contributed by atoms with van der Waals surface area (Å²) >= 11 is 6.16. The summed E-state index contributed by atoms with van der Waals surface area (Å²) < 4.78 is 36.8. The highest BCUT2D eigenvalue weighted by Gasteiger charge is 2.37. The lowest BCUT2D eigenvalue weighted by molar-refractivity contribution is 0.0217. The van der Waals surface area contributed by atoms with E-state index in [0.29, 0.717) is 31.4 Å². The molecule has 0 radical (unpaired) electrons. The Balaban J connectivity index is 1.79. The minimum Gasteiger partial charge on any atom is -0.444 e. The molecule has 1 aromatic heterocycles. The molecule has 0 atom stereocenters. The number of carbonyl (C=O) groups is 1. The molecule has 1 aliphatic rings. The van der Waals surface area contributed by atoms with Gasteiger partial charge in [-0.15, -0.1) is 0 Å². The standard InChI is InChI=1S/C17H21ClN2O5S/c1-17(2,3)25-16(21)20-8-6-11(7-9-20)26(22,23)15-12(18)4-5-13-14(15)24-10-19-13/h4-5,10-11H,6-9H2,1-3H3. The fourth-order valence-electron chi connectivity index (χ4n) is 2.99. The molecule has 7 nitrogen and oxygen atoms in total. The first-order valence-electron chi connectivity index (χ1n) is 8.33. The first-order valence-corrected chi connectivity index (χ1v) is 10.3. The van der Waals surface area contributed by atoms with Crippen molar-refractivity contribution in [2.75, 3.05) is 13.1 Å². The van der Waals surface area contributed by atoms with Crippen LogP contribution in [0.4, 0.5) is 4.79 Å². The Hall–Kier alpha value is -1.80. The van der Waals surface area contributed by atoms with E-state index in [0.717, 1.165) is 0 Å². The number of benzene rings is 1. The highest BCUT2D eigenvalue weighted by atomic mass is 35.5. The second-order valence-corrected chi connectivity index (χ2v) is 9.86. The molecule has 0 aliphatic carbocycles. The average molecular weight is 401 g/mol. The van der Waals surface area contributed by atoms with Gasteiger partial charge in [0, 0.05) is 13.1 Å². The summed E-state index contributed by atoms with van der Waals surface area (Å²) in [5.41, 5.74) is 0.0291. The first kappa shape index (κ1) is 19.0. The monoisotopic (exact) mass is 400 g/mol. The third kappa shape index (κ3) is 3.66. The molecule has 2 aromatic rings. The van der Waals surface area contributed by atoms with Gasteiger partial charge in [0.2, 0.25) is 0 Å². The third-order valence-electron chi connectivity index (χ3n) is 4.22. The van der Waals surface area contributed by atoms with Crippen molar-refractivity contribution in [2.24, 2.45) is 0 Å². The zero-order chi connectivity index (χ0) is 19.1. The maximum absolute atomic E-state index is 13.1. The van der Waals surface area contributed by atoms with Crippen LogP contribution in [0.25, 0.3) is 11.1 Å². The molecular weight excluding hydrogens is 380 g/mol. The van der Waals surface area contributed by atoms with Crippen molar-refractivity contribution in [1.29, 1.82) is 0 Å². The van der Waals surface area contributed by atoms with E-state index in [1.54, 1.807) is 26.8 Å². The summed E-state index contributed by atoms with van der Waals surface area (Å²) in [6.07, 6.45) is 1.39. The number of carbonyl (C=O) groups excluding carboxylic acids is 1. The summed E-state index contributed by atoms with van der Waals surface area (Å²) in [5.74, 6) is 0. The lowest BCUT2D eigenvalue weighted by atomic mass is 10.1. The maximum Gasteiger partial charge on any atom is 0.410 e. The van der Waals surface area contributed by atoms with Gasteiger partial charge in [-0.1, -0.05) is 11.6 Å². The molecule has 0 spiro atoms. The van der Waals surface area contributed by atoms with Gasteiger partial charge in [-0.25, -0.2) is 18.2 Å². The number of hydrogen-bond acceptors (Lipinski definition) is 6. The Bertz CT molecular complexity index is 924. The predicted molar refractivity (Wildman–Crippen MR) is 97.0 cm³/mol. The Kier molecular flexibility index (Phi) is 4.92. The number of sulfone groups is 1. The van der Waals surface area contributed by atoms with Crippen LogP contribution in [0.15, 0.2) is 27.8 Å². The number of fused-ring (bicyclic) bond motifs is 1. The van der Waals surface area contributed by atoms with Gasteiger partial charge in [-0.3, -0.25) is 0 Å².